The van der Waals surface area contributed by atoms with Gasteiger partial charge in [-0.1, -0.05) is 19.9 Å². The predicted octanol–water partition coefficient (Wildman–Crippen LogP) is 1.27. The number of rotatable bonds is 6. The molecule has 1 amide bonds. The summed E-state index contributed by atoms with van der Waals surface area (Å²) in [7, 11) is 0. The number of nitrogens with two attached hydrogens (primary N) is 1. The van der Waals surface area contributed by atoms with Gasteiger partial charge in [-0.15, -0.1) is 11.3 Å². The van der Waals surface area contributed by atoms with Crippen molar-refractivity contribution in [1.29, 1.82) is 0 Å². The average molecular weight is 256 g/mol. The lowest BCUT2D eigenvalue weighted by Crippen LogP contribution is -2.38. The number of carbonyl (C=O) groups excluding carboxylic acids is 1. The van der Waals surface area contributed by atoms with Crippen LogP contribution in [0, 0.1) is 5.92 Å². The van der Waals surface area contributed by atoms with Gasteiger partial charge >= 0.3 is 0 Å². The maximum Gasteiger partial charge on any atom is 0.242 e. The Hall–Kier alpha value is -0.910. The van der Waals surface area contributed by atoms with Crippen LogP contribution in [-0.2, 0) is 4.79 Å². The molecule has 0 saturated carbocycles. The molecule has 0 radical (unpaired) electrons. The minimum absolute atomic E-state index is 0.241. The van der Waals surface area contributed by atoms with Crippen molar-refractivity contribution in [2.45, 2.75) is 32.4 Å². The van der Waals surface area contributed by atoms with E-state index < -0.39 is 12.1 Å². The van der Waals surface area contributed by atoms with E-state index in [0.29, 0.717) is 12.3 Å². The largest absolute Gasteiger partial charge is 0.391 e. The second kappa shape index (κ2) is 6.74. The molecule has 5 heteroatoms. The molecule has 1 aromatic rings. The van der Waals surface area contributed by atoms with Gasteiger partial charge in [0.2, 0.25) is 5.91 Å². The SMILES string of the molecule is CC(C)CC(O)CNC(=O)C(N)c1cccs1. The van der Waals surface area contributed by atoms with E-state index in [0.717, 1.165) is 4.88 Å². The van der Waals surface area contributed by atoms with E-state index in [1.54, 1.807) is 0 Å². The van der Waals surface area contributed by atoms with Gasteiger partial charge in [-0.05, 0) is 23.8 Å². The van der Waals surface area contributed by atoms with Crippen LogP contribution >= 0.6 is 11.3 Å². The maximum atomic E-state index is 11.7. The predicted molar refractivity (Wildman–Crippen MR) is 69.7 cm³/mol. The Morgan fingerprint density at radius 1 is 1.59 bits per heavy atom. The van der Waals surface area contributed by atoms with Crippen LogP contribution in [-0.4, -0.2) is 23.7 Å². The molecule has 4 nitrogen and oxygen atoms in total. The number of thiophene rings is 1. The van der Waals surface area contributed by atoms with Gasteiger partial charge in [0.25, 0.3) is 0 Å². The van der Waals surface area contributed by atoms with E-state index in [9.17, 15) is 9.90 Å². The van der Waals surface area contributed by atoms with Crippen molar-refractivity contribution in [1.82, 2.24) is 5.32 Å². The lowest BCUT2D eigenvalue weighted by Gasteiger charge is -2.15. The first-order chi connectivity index (χ1) is 8.00. The van der Waals surface area contributed by atoms with E-state index in [4.69, 9.17) is 5.73 Å². The third-order valence-electron chi connectivity index (χ3n) is 2.39. The molecular weight excluding hydrogens is 236 g/mol. The van der Waals surface area contributed by atoms with E-state index >= 15 is 0 Å². The molecule has 0 aromatic carbocycles. The third-order valence-corrected chi connectivity index (χ3v) is 3.34. The molecule has 2 atom stereocenters. The Balaban J connectivity index is 2.34. The zero-order chi connectivity index (χ0) is 12.8. The summed E-state index contributed by atoms with van der Waals surface area (Å²) >= 11 is 1.46. The monoisotopic (exact) mass is 256 g/mol. The molecule has 0 spiro atoms. The molecular formula is C12H20N2O2S. The molecule has 96 valence electrons. The molecule has 1 aromatic heterocycles. The molecule has 4 N–H and O–H groups in total. The third kappa shape index (κ3) is 4.85. The van der Waals surface area contributed by atoms with Gasteiger partial charge < -0.3 is 16.2 Å². The van der Waals surface area contributed by atoms with Crippen LogP contribution in [0.4, 0.5) is 0 Å². The van der Waals surface area contributed by atoms with Crippen LogP contribution in [0.15, 0.2) is 17.5 Å². The normalized spacial score (nSPS) is 14.6. The number of nitrogens with one attached hydrogen (secondary N) is 1. The van der Waals surface area contributed by atoms with Gasteiger partial charge in [0, 0.05) is 11.4 Å². The number of hydrogen-bond donors (Lipinski definition) is 3. The van der Waals surface area contributed by atoms with Crippen LogP contribution < -0.4 is 11.1 Å². The number of carbonyl (C=O) groups is 1. The highest BCUT2D eigenvalue weighted by Gasteiger charge is 2.17. The second-order valence-electron chi connectivity index (χ2n) is 4.52. The summed E-state index contributed by atoms with van der Waals surface area (Å²) in [5, 5.41) is 14.2. The summed E-state index contributed by atoms with van der Waals surface area (Å²) in [5.74, 6) is 0.170. The van der Waals surface area contributed by atoms with Gasteiger partial charge in [0.1, 0.15) is 6.04 Å². The molecule has 0 aliphatic heterocycles. The summed E-state index contributed by atoms with van der Waals surface area (Å²) in [6.45, 7) is 4.32. The lowest BCUT2D eigenvalue weighted by atomic mass is 10.1. The number of amides is 1. The van der Waals surface area contributed by atoms with E-state index in [1.807, 2.05) is 31.4 Å². The summed E-state index contributed by atoms with van der Waals surface area (Å²) in [5.41, 5.74) is 5.79. The molecule has 2 unspecified atom stereocenters. The topological polar surface area (TPSA) is 75.3 Å². The quantitative estimate of drug-likeness (QED) is 0.717. The van der Waals surface area contributed by atoms with Crippen molar-refractivity contribution < 1.29 is 9.90 Å². The molecule has 0 saturated heterocycles. The van der Waals surface area contributed by atoms with Crippen LogP contribution in [0.25, 0.3) is 0 Å². The average Bonchev–Trinajstić information content (AvgIpc) is 2.77. The first kappa shape index (κ1) is 14.2. The smallest absolute Gasteiger partial charge is 0.242 e. The fraction of sp³-hybridized carbons (Fsp3) is 0.583. The number of aliphatic hydroxyl groups excluding tert-OH is 1. The van der Waals surface area contributed by atoms with Crippen molar-refractivity contribution >= 4 is 17.2 Å². The number of aliphatic hydroxyl groups is 1. The minimum atomic E-state index is -0.638. The highest BCUT2D eigenvalue weighted by Crippen LogP contribution is 2.16. The molecule has 0 aliphatic rings. The van der Waals surface area contributed by atoms with Crippen LogP contribution in [0.1, 0.15) is 31.2 Å². The first-order valence-electron chi connectivity index (χ1n) is 5.75. The van der Waals surface area contributed by atoms with Gasteiger partial charge in [0.15, 0.2) is 0 Å². The highest BCUT2D eigenvalue weighted by atomic mass is 32.1. The summed E-state index contributed by atoms with van der Waals surface area (Å²) < 4.78 is 0. The Bertz CT molecular complexity index is 338. The van der Waals surface area contributed by atoms with E-state index in [1.165, 1.54) is 11.3 Å². The standard InChI is InChI=1S/C12H20N2O2S/c1-8(2)6-9(15)7-14-12(16)11(13)10-4-3-5-17-10/h3-5,8-9,11,15H,6-7,13H2,1-2H3,(H,14,16). The molecule has 1 rings (SSSR count). The molecule has 17 heavy (non-hydrogen) atoms. The Labute approximate surface area is 106 Å². The zero-order valence-corrected chi connectivity index (χ0v) is 11.0. The number of hydrogen-bond acceptors (Lipinski definition) is 4. The van der Waals surface area contributed by atoms with Crippen molar-refractivity contribution in [2.75, 3.05) is 6.54 Å². The van der Waals surface area contributed by atoms with Crippen LogP contribution in [0.5, 0.6) is 0 Å². The Morgan fingerprint density at radius 3 is 2.82 bits per heavy atom. The highest BCUT2D eigenvalue weighted by molar-refractivity contribution is 7.10. The molecule has 0 fully saturated rings. The van der Waals surface area contributed by atoms with Crippen molar-refractivity contribution in [3.05, 3.63) is 22.4 Å². The fourth-order valence-corrected chi connectivity index (χ4v) is 2.28. The minimum Gasteiger partial charge on any atom is -0.391 e. The Kier molecular flexibility index (Phi) is 5.61. The lowest BCUT2D eigenvalue weighted by molar-refractivity contribution is -0.122. The molecule has 1 heterocycles. The van der Waals surface area contributed by atoms with Crippen molar-refractivity contribution in [2.24, 2.45) is 11.7 Å². The fourth-order valence-electron chi connectivity index (χ4n) is 1.55. The Morgan fingerprint density at radius 2 is 2.29 bits per heavy atom. The second-order valence-corrected chi connectivity index (χ2v) is 5.50. The van der Waals surface area contributed by atoms with Gasteiger partial charge in [-0.3, -0.25) is 4.79 Å². The molecule has 0 aliphatic carbocycles. The van der Waals surface area contributed by atoms with Gasteiger partial charge in [0.05, 0.1) is 6.10 Å². The van der Waals surface area contributed by atoms with Gasteiger partial charge in [-0.2, -0.15) is 0 Å². The van der Waals surface area contributed by atoms with Crippen LogP contribution in [0.2, 0.25) is 0 Å². The van der Waals surface area contributed by atoms with E-state index in [2.05, 4.69) is 5.32 Å². The zero-order valence-electron chi connectivity index (χ0n) is 10.2. The molecule has 0 bridgehead atoms. The van der Waals surface area contributed by atoms with Crippen LogP contribution in [0.3, 0.4) is 0 Å². The van der Waals surface area contributed by atoms with Crippen molar-refractivity contribution in [3.63, 3.8) is 0 Å². The maximum absolute atomic E-state index is 11.7. The summed E-state index contributed by atoms with van der Waals surface area (Å²) in [6.07, 6.45) is 0.170. The summed E-state index contributed by atoms with van der Waals surface area (Å²) in [4.78, 5) is 12.5. The van der Waals surface area contributed by atoms with Crippen molar-refractivity contribution in [3.8, 4) is 0 Å². The van der Waals surface area contributed by atoms with E-state index in [-0.39, 0.29) is 12.5 Å². The summed E-state index contributed by atoms with van der Waals surface area (Å²) in [6, 6.07) is 3.06. The first-order valence-corrected chi connectivity index (χ1v) is 6.63. The van der Waals surface area contributed by atoms with Gasteiger partial charge in [-0.25, -0.2) is 0 Å².